The standard InChI is InChI=1S/C30H38N2O7/c1-17-9-21(11-19-13-24(34-3)29(38-7)25(14-19)35-4)28-22(10-17)23(32(31-28)18(2)33)12-20-15-26(36-5)30(39-8)27(16-20)37-6/h11,13-17,22-23H,9-10,12H2,1-8H3/b21-11+. The third-order valence-corrected chi connectivity index (χ3v) is 7.42. The van der Waals surface area contributed by atoms with E-state index in [1.165, 1.54) is 0 Å². The molecule has 2 aromatic carbocycles. The number of nitrogens with zero attached hydrogens (tertiary/aromatic N) is 2. The number of fused-ring (bicyclic) bond motifs is 1. The van der Waals surface area contributed by atoms with E-state index in [1.54, 1.807) is 54.6 Å². The molecule has 1 heterocycles. The first-order chi connectivity index (χ1) is 18.8. The van der Waals surface area contributed by atoms with Crippen LogP contribution in [-0.4, -0.2) is 65.3 Å². The van der Waals surface area contributed by atoms with Gasteiger partial charge in [0.2, 0.25) is 17.4 Å². The van der Waals surface area contributed by atoms with Crippen molar-refractivity contribution in [2.24, 2.45) is 16.9 Å². The minimum absolute atomic E-state index is 0.0880. The number of carbonyl (C=O) groups excluding carboxylic acids is 1. The molecule has 2 aromatic rings. The molecule has 1 fully saturated rings. The Bertz CT molecular complexity index is 1240. The summed E-state index contributed by atoms with van der Waals surface area (Å²) in [6, 6.07) is 7.60. The lowest BCUT2D eigenvalue weighted by Gasteiger charge is -2.32. The van der Waals surface area contributed by atoms with E-state index in [4.69, 9.17) is 33.5 Å². The van der Waals surface area contributed by atoms with Crippen LogP contribution in [0.3, 0.4) is 0 Å². The van der Waals surface area contributed by atoms with Gasteiger partial charge in [-0.25, -0.2) is 5.01 Å². The van der Waals surface area contributed by atoms with Crippen LogP contribution in [0.1, 0.15) is 37.8 Å². The molecule has 9 nitrogen and oxygen atoms in total. The van der Waals surface area contributed by atoms with Gasteiger partial charge in [-0.15, -0.1) is 0 Å². The average molecular weight is 539 g/mol. The molecule has 1 amide bonds. The van der Waals surface area contributed by atoms with Gasteiger partial charge in [0.15, 0.2) is 23.0 Å². The highest BCUT2D eigenvalue weighted by Crippen LogP contribution is 2.44. The van der Waals surface area contributed by atoms with Crippen LogP contribution in [0.2, 0.25) is 0 Å². The van der Waals surface area contributed by atoms with Gasteiger partial charge >= 0.3 is 0 Å². The molecule has 0 radical (unpaired) electrons. The van der Waals surface area contributed by atoms with Crippen molar-refractivity contribution in [2.45, 2.75) is 39.2 Å². The largest absolute Gasteiger partial charge is 0.493 e. The van der Waals surface area contributed by atoms with E-state index in [2.05, 4.69) is 13.0 Å². The lowest BCUT2D eigenvalue weighted by Crippen LogP contribution is -2.40. The van der Waals surface area contributed by atoms with E-state index in [-0.39, 0.29) is 17.9 Å². The lowest BCUT2D eigenvalue weighted by atomic mass is 9.73. The Balaban J connectivity index is 1.73. The summed E-state index contributed by atoms with van der Waals surface area (Å²) in [4.78, 5) is 12.8. The maximum Gasteiger partial charge on any atom is 0.239 e. The van der Waals surface area contributed by atoms with Crippen molar-refractivity contribution in [3.05, 3.63) is 41.0 Å². The smallest absolute Gasteiger partial charge is 0.239 e. The predicted molar refractivity (Wildman–Crippen MR) is 150 cm³/mol. The molecule has 0 saturated heterocycles. The van der Waals surface area contributed by atoms with Crippen LogP contribution in [0, 0.1) is 11.8 Å². The highest BCUT2D eigenvalue weighted by atomic mass is 16.5. The average Bonchev–Trinajstić information content (AvgIpc) is 3.30. The number of hydrogen-bond donors (Lipinski definition) is 0. The second kappa shape index (κ2) is 11.9. The molecular formula is C30H38N2O7. The van der Waals surface area contributed by atoms with Crippen molar-refractivity contribution in [1.29, 1.82) is 0 Å². The van der Waals surface area contributed by atoms with Gasteiger partial charge in [-0.05, 0) is 72.2 Å². The van der Waals surface area contributed by atoms with Crippen LogP contribution in [0.5, 0.6) is 34.5 Å². The number of methoxy groups -OCH3 is 6. The normalized spacial score (nSPS) is 21.2. The molecule has 210 valence electrons. The van der Waals surface area contributed by atoms with E-state index < -0.39 is 0 Å². The molecule has 0 spiro atoms. The molecule has 0 aromatic heterocycles. The summed E-state index contributed by atoms with van der Waals surface area (Å²) < 4.78 is 33.2. The Morgan fingerprint density at radius 2 is 1.38 bits per heavy atom. The first kappa shape index (κ1) is 28.1. The first-order valence-corrected chi connectivity index (χ1v) is 13.0. The Kier molecular flexibility index (Phi) is 8.57. The van der Waals surface area contributed by atoms with Crippen molar-refractivity contribution in [3.63, 3.8) is 0 Å². The Hall–Kier alpha value is -3.88. The van der Waals surface area contributed by atoms with Crippen LogP contribution in [0.15, 0.2) is 34.9 Å². The van der Waals surface area contributed by atoms with Crippen LogP contribution >= 0.6 is 0 Å². The van der Waals surface area contributed by atoms with Gasteiger partial charge in [-0.1, -0.05) is 6.92 Å². The molecule has 1 saturated carbocycles. The van der Waals surface area contributed by atoms with Gasteiger partial charge in [-0.2, -0.15) is 5.10 Å². The van der Waals surface area contributed by atoms with Crippen LogP contribution in [0.25, 0.3) is 6.08 Å². The zero-order chi connectivity index (χ0) is 28.3. The number of amides is 1. The molecule has 39 heavy (non-hydrogen) atoms. The number of carbonyl (C=O) groups is 1. The SMILES string of the molecule is COc1cc(/C=C2\CC(C)CC3C2=NN(C(C)=O)C3Cc2cc(OC)c(OC)c(OC)c2)cc(OC)c1OC. The van der Waals surface area contributed by atoms with E-state index >= 15 is 0 Å². The number of ether oxygens (including phenoxy) is 6. The monoisotopic (exact) mass is 538 g/mol. The molecule has 0 N–H and O–H groups in total. The molecule has 4 rings (SSSR count). The summed E-state index contributed by atoms with van der Waals surface area (Å²) in [5.74, 6) is 3.84. The van der Waals surface area contributed by atoms with Gasteiger partial charge in [-0.3, -0.25) is 4.79 Å². The minimum atomic E-state index is -0.133. The summed E-state index contributed by atoms with van der Waals surface area (Å²) in [5, 5.41) is 6.54. The Labute approximate surface area is 230 Å². The van der Waals surface area contributed by atoms with Gasteiger partial charge in [0.25, 0.3) is 0 Å². The van der Waals surface area contributed by atoms with Crippen LogP contribution in [0.4, 0.5) is 0 Å². The van der Waals surface area contributed by atoms with Gasteiger partial charge in [0, 0.05) is 12.8 Å². The van der Waals surface area contributed by atoms with E-state index in [1.807, 2.05) is 24.3 Å². The predicted octanol–water partition coefficient (Wildman–Crippen LogP) is 5.00. The second-order valence-electron chi connectivity index (χ2n) is 9.93. The molecule has 0 bridgehead atoms. The fourth-order valence-corrected chi connectivity index (χ4v) is 5.73. The zero-order valence-corrected chi connectivity index (χ0v) is 24.0. The summed E-state index contributed by atoms with van der Waals surface area (Å²) in [6.45, 7) is 3.81. The maximum absolute atomic E-state index is 12.8. The van der Waals surface area contributed by atoms with E-state index in [9.17, 15) is 4.79 Å². The molecule has 3 unspecified atom stereocenters. The summed E-state index contributed by atoms with van der Waals surface area (Å²) >= 11 is 0. The minimum Gasteiger partial charge on any atom is -0.493 e. The fraction of sp³-hybridized carbons (Fsp3) is 0.467. The van der Waals surface area contributed by atoms with Gasteiger partial charge in [0.1, 0.15) is 0 Å². The number of rotatable bonds is 9. The maximum atomic E-state index is 12.8. The van der Waals surface area contributed by atoms with Crippen molar-refractivity contribution < 1.29 is 33.2 Å². The second-order valence-corrected chi connectivity index (χ2v) is 9.93. The van der Waals surface area contributed by atoms with Gasteiger partial charge in [0.05, 0.1) is 54.4 Å². The summed E-state index contributed by atoms with van der Waals surface area (Å²) in [7, 11) is 9.58. The molecule has 2 aliphatic rings. The van der Waals surface area contributed by atoms with Crippen molar-refractivity contribution in [2.75, 3.05) is 42.7 Å². The third-order valence-electron chi connectivity index (χ3n) is 7.42. The molecule has 3 atom stereocenters. The van der Waals surface area contributed by atoms with Crippen molar-refractivity contribution >= 4 is 17.7 Å². The zero-order valence-electron chi connectivity index (χ0n) is 24.0. The lowest BCUT2D eigenvalue weighted by molar-refractivity contribution is -0.131. The molecule has 9 heteroatoms. The first-order valence-electron chi connectivity index (χ1n) is 13.0. The number of allylic oxidation sites excluding steroid dienone is 1. The van der Waals surface area contributed by atoms with Crippen LogP contribution < -0.4 is 28.4 Å². The molecule has 1 aliphatic carbocycles. The summed E-state index contributed by atoms with van der Waals surface area (Å²) in [6.07, 6.45) is 4.50. The fourth-order valence-electron chi connectivity index (χ4n) is 5.73. The van der Waals surface area contributed by atoms with Gasteiger partial charge < -0.3 is 28.4 Å². The van der Waals surface area contributed by atoms with E-state index in [0.717, 1.165) is 35.3 Å². The highest BCUT2D eigenvalue weighted by Gasteiger charge is 2.43. The number of hydrogen-bond acceptors (Lipinski definition) is 8. The Morgan fingerprint density at radius 1 is 0.872 bits per heavy atom. The number of hydrazone groups is 1. The topological polar surface area (TPSA) is 88.1 Å². The van der Waals surface area contributed by atoms with Crippen molar-refractivity contribution in [1.82, 2.24) is 5.01 Å². The third kappa shape index (κ3) is 5.48. The highest BCUT2D eigenvalue weighted by molar-refractivity contribution is 6.08. The number of benzene rings is 2. The molecule has 1 aliphatic heterocycles. The molecular weight excluding hydrogens is 500 g/mol. The van der Waals surface area contributed by atoms with Crippen molar-refractivity contribution in [3.8, 4) is 34.5 Å². The summed E-state index contributed by atoms with van der Waals surface area (Å²) in [5.41, 5.74) is 3.95. The van der Waals surface area contributed by atoms with E-state index in [0.29, 0.717) is 46.8 Å². The Morgan fingerprint density at radius 3 is 1.85 bits per heavy atom. The van der Waals surface area contributed by atoms with Crippen LogP contribution in [-0.2, 0) is 11.2 Å². The quantitative estimate of drug-likeness (QED) is 0.444.